The van der Waals surface area contributed by atoms with E-state index in [1.807, 2.05) is 13.8 Å². The predicted octanol–water partition coefficient (Wildman–Crippen LogP) is 4.14. The van der Waals surface area contributed by atoms with Crippen LogP contribution in [0.25, 0.3) is 0 Å². The molecule has 0 saturated carbocycles. The van der Waals surface area contributed by atoms with Crippen LogP contribution in [0.1, 0.15) is 65.7 Å². The van der Waals surface area contributed by atoms with Gasteiger partial charge in [-0.25, -0.2) is 0 Å². The molecule has 2 heteroatoms. The van der Waals surface area contributed by atoms with Crippen molar-refractivity contribution in [2.24, 2.45) is 0 Å². The third-order valence-corrected chi connectivity index (χ3v) is 2.69. The summed E-state index contributed by atoms with van der Waals surface area (Å²) in [6, 6.07) is 0. The molecule has 92 valence electrons. The molecule has 0 aliphatic rings. The van der Waals surface area contributed by atoms with Crippen molar-refractivity contribution in [3.05, 3.63) is 0 Å². The van der Waals surface area contributed by atoms with Gasteiger partial charge in [0.25, 0.3) is 0 Å². The Morgan fingerprint density at radius 3 is 1.93 bits per heavy atom. The fraction of sp³-hybridized carbons (Fsp3) is 1.00. The Balaban J connectivity index is 3.11. The first-order valence-corrected chi connectivity index (χ1v) is 6.31. The van der Waals surface area contributed by atoms with Crippen molar-refractivity contribution < 1.29 is 9.47 Å². The summed E-state index contributed by atoms with van der Waals surface area (Å²) < 4.78 is 10.8. The van der Waals surface area contributed by atoms with Gasteiger partial charge in [-0.05, 0) is 20.3 Å². The molecule has 0 bridgehead atoms. The Morgan fingerprint density at radius 1 is 0.867 bits per heavy atom. The second kappa shape index (κ2) is 9.17. The molecule has 0 spiro atoms. The summed E-state index contributed by atoms with van der Waals surface area (Å²) in [5.74, 6) is -0.414. The van der Waals surface area contributed by atoms with E-state index in [1.54, 1.807) is 7.11 Å². The van der Waals surface area contributed by atoms with Crippen molar-refractivity contribution in [3.8, 4) is 0 Å². The summed E-state index contributed by atoms with van der Waals surface area (Å²) >= 11 is 0. The van der Waals surface area contributed by atoms with Crippen molar-refractivity contribution in [1.29, 1.82) is 0 Å². The van der Waals surface area contributed by atoms with Crippen molar-refractivity contribution >= 4 is 0 Å². The van der Waals surface area contributed by atoms with Gasteiger partial charge < -0.3 is 9.47 Å². The summed E-state index contributed by atoms with van der Waals surface area (Å²) in [5.41, 5.74) is 0. The Kier molecular flexibility index (Phi) is 9.12. The normalized spacial score (nSPS) is 12.0. The first-order valence-electron chi connectivity index (χ1n) is 6.31. The lowest BCUT2D eigenvalue weighted by atomic mass is 10.1. The molecule has 0 aromatic heterocycles. The zero-order valence-corrected chi connectivity index (χ0v) is 11.0. The number of hydrogen-bond acceptors (Lipinski definition) is 2. The highest BCUT2D eigenvalue weighted by molar-refractivity contribution is 4.52. The number of ether oxygens (including phenoxy) is 2. The molecular formula is C13H28O2. The van der Waals surface area contributed by atoms with Gasteiger partial charge in [0, 0.05) is 13.7 Å². The van der Waals surface area contributed by atoms with Gasteiger partial charge in [0.2, 0.25) is 0 Å². The molecule has 0 aromatic carbocycles. The van der Waals surface area contributed by atoms with E-state index in [1.165, 1.54) is 38.5 Å². The fourth-order valence-electron chi connectivity index (χ4n) is 1.44. The Labute approximate surface area is 95.3 Å². The molecule has 2 nitrogen and oxygen atoms in total. The summed E-state index contributed by atoms with van der Waals surface area (Å²) in [7, 11) is 1.69. The minimum atomic E-state index is -0.414. The van der Waals surface area contributed by atoms with Gasteiger partial charge in [0.05, 0.1) is 0 Å². The van der Waals surface area contributed by atoms with Crippen LogP contribution < -0.4 is 0 Å². The second-order valence-electron chi connectivity index (χ2n) is 4.57. The highest BCUT2D eigenvalue weighted by atomic mass is 16.7. The molecule has 0 aromatic rings. The van der Waals surface area contributed by atoms with Crippen LogP contribution in [0.15, 0.2) is 0 Å². The first-order chi connectivity index (χ1) is 7.12. The maximum atomic E-state index is 5.58. The predicted molar refractivity (Wildman–Crippen MR) is 65.0 cm³/mol. The molecule has 0 saturated heterocycles. The maximum absolute atomic E-state index is 5.58. The number of unbranched alkanes of at least 4 members (excludes halogenated alkanes) is 6. The summed E-state index contributed by atoms with van der Waals surface area (Å²) in [5, 5.41) is 0. The fourth-order valence-corrected chi connectivity index (χ4v) is 1.44. The molecule has 0 aliphatic heterocycles. The van der Waals surface area contributed by atoms with Crippen LogP contribution in [-0.2, 0) is 9.47 Å². The molecule has 0 heterocycles. The highest BCUT2D eigenvalue weighted by Crippen LogP contribution is 2.11. The molecule has 0 aliphatic carbocycles. The monoisotopic (exact) mass is 216 g/mol. The highest BCUT2D eigenvalue weighted by Gasteiger charge is 2.15. The number of hydrogen-bond donors (Lipinski definition) is 0. The molecule has 0 unspecified atom stereocenters. The van der Waals surface area contributed by atoms with E-state index in [4.69, 9.17) is 9.47 Å². The van der Waals surface area contributed by atoms with E-state index in [-0.39, 0.29) is 0 Å². The van der Waals surface area contributed by atoms with E-state index < -0.39 is 5.79 Å². The zero-order chi connectivity index (χ0) is 11.6. The minimum absolute atomic E-state index is 0.414. The summed E-state index contributed by atoms with van der Waals surface area (Å²) in [6.07, 6.45) is 9.25. The van der Waals surface area contributed by atoms with E-state index in [0.29, 0.717) is 0 Å². The topological polar surface area (TPSA) is 18.5 Å². The van der Waals surface area contributed by atoms with Gasteiger partial charge in [0.15, 0.2) is 5.79 Å². The molecule has 0 N–H and O–H groups in total. The summed E-state index contributed by atoms with van der Waals surface area (Å²) in [6.45, 7) is 6.97. The smallest absolute Gasteiger partial charge is 0.162 e. The van der Waals surface area contributed by atoms with Crippen molar-refractivity contribution in [2.75, 3.05) is 13.7 Å². The van der Waals surface area contributed by atoms with Crippen LogP contribution in [-0.4, -0.2) is 19.5 Å². The lowest BCUT2D eigenvalue weighted by Gasteiger charge is -2.23. The number of rotatable bonds is 10. The molecule has 0 radical (unpaired) electrons. The van der Waals surface area contributed by atoms with Crippen LogP contribution >= 0.6 is 0 Å². The van der Waals surface area contributed by atoms with E-state index in [2.05, 4.69) is 6.92 Å². The largest absolute Gasteiger partial charge is 0.354 e. The van der Waals surface area contributed by atoms with Crippen molar-refractivity contribution in [2.45, 2.75) is 71.5 Å². The molecule has 0 amide bonds. The third-order valence-electron chi connectivity index (χ3n) is 2.69. The molecule has 0 fully saturated rings. The number of methoxy groups -OCH3 is 1. The van der Waals surface area contributed by atoms with Crippen molar-refractivity contribution in [1.82, 2.24) is 0 Å². The molecular weight excluding hydrogens is 188 g/mol. The van der Waals surface area contributed by atoms with E-state index >= 15 is 0 Å². The summed E-state index contributed by atoms with van der Waals surface area (Å²) in [4.78, 5) is 0. The average Bonchev–Trinajstić information content (AvgIpc) is 2.22. The van der Waals surface area contributed by atoms with Gasteiger partial charge in [-0.2, -0.15) is 0 Å². The molecule has 0 atom stereocenters. The van der Waals surface area contributed by atoms with Crippen LogP contribution in [0.5, 0.6) is 0 Å². The van der Waals surface area contributed by atoms with Gasteiger partial charge >= 0.3 is 0 Å². The van der Waals surface area contributed by atoms with Crippen molar-refractivity contribution in [3.63, 3.8) is 0 Å². The van der Waals surface area contributed by atoms with Gasteiger partial charge in [-0.3, -0.25) is 0 Å². The molecule has 15 heavy (non-hydrogen) atoms. The first kappa shape index (κ1) is 14.9. The van der Waals surface area contributed by atoms with E-state index in [9.17, 15) is 0 Å². The SMILES string of the molecule is CCCCCCCCCOC(C)(C)OC. The van der Waals surface area contributed by atoms with Gasteiger partial charge in [-0.1, -0.05) is 45.4 Å². The maximum Gasteiger partial charge on any atom is 0.162 e. The standard InChI is InChI=1S/C13H28O2/c1-5-6-7-8-9-10-11-12-15-13(2,3)14-4/h5-12H2,1-4H3. The van der Waals surface area contributed by atoms with Crippen LogP contribution in [0, 0.1) is 0 Å². The quantitative estimate of drug-likeness (QED) is 0.404. The lowest BCUT2D eigenvalue weighted by molar-refractivity contribution is -0.197. The second-order valence-corrected chi connectivity index (χ2v) is 4.57. The van der Waals surface area contributed by atoms with Crippen LogP contribution in [0.3, 0.4) is 0 Å². The van der Waals surface area contributed by atoms with Gasteiger partial charge in [-0.15, -0.1) is 0 Å². The van der Waals surface area contributed by atoms with Crippen LogP contribution in [0.4, 0.5) is 0 Å². The van der Waals surface area contributed by atoms with Gasteiger partial charge in [0.1, 0.15) is 0 Å². The Bertz CT molecular complexity index is 132. The average molecular weight is 216 g/mol. The Hall–Kier alpha value is -0.0800. The molecule has 0 rings (SSSR count). The third kappa shape index (κ3) is 10.2. The Morgan fingerprint density at radius 2 is 1.40 bits per heavy atom. The van der Waals surface area contributed by atoms with Crippen LogP contribution in [0.2, 0.25) is 0 Å². The van der Waals surface area contributed by atoms with E-state index in [0.717, 1.165) is 13.0 Å². The zero-order valence-electron chi connectivity index (χ0n) is 11.0. The lowest BCUT2D eigenvalue weighted by Crippen LogP contribution is -2.26. The minimum Gasteiger partial charge on any atom is -0.354 e.